The van der Waals surface area contributed by atoms with E-state index in [2.05, 4.69) is 9.47 Å². The first-order chi connectivity index (χ1) is 11.9. The van der Waals surface area contributed by atoms with Crippen LogP contribution in [-0.4, -0.2) is 23.8 Å². The molecule has 140 valence electrons. The monoisotopic (exact) mass is 380 g/mol. The minimum atomic E-state index is -4.97. The molecule has 2 aromatic rings. The molecule has 0 amide bonds. The largest absolute Gasteiger partial charge is 0.573 e. The number of benzene rings is 2. The van der Waals surface area contributed by atoms with Crippen LogP contribution in [0.15, 0.2) is 48.5 Å². The van der Waals surface area contributed by atoms with E-state index in [0.717, 1.165) is 36.4 Å². The number of carboxylic acids is 1. The number of alkyl halides is 6. The molecule has 0 aromatic heterocycles. The van der Waals surface area contributed by atoms with Crippen molar-refractivity contribution in [3.05, 3.63) is 59.7 Å². The second kappa shape index (κ2) is 7.14. The first-order valence-corrected chi connectivity index (χ1v) is 6.89. The predicted octanol–water partition coefficient (Wildman–Crippen LogP) is 4.70. The normalized spacial score (nSPS) is 12.1. The van der Waals surface area contributed by atoms with Gasteiger partial charge < -0.3 is 14.6 Å². The molecule has 0 saturated carbocycles. The van der Waals surface area contributed by atoms with Gasteiger partial charge in [-0.1, -0.05) is 24.3 Å². The van der Waals surface area contributed by atoms with E-state index in [4.69, 9.17) is 0 Å². The summed E-state index contributed by atoms with van der Waals surface area (Å²) >= 11 is 0. The van der Waals surface area contributed by atoms with E-state index < -0.39 is 36.1 Å². The van der Waals surface area contributed by atoms with E-state index >= 15 is 0 Å². The summed E-state index contributed by atoms with van der Waals surface area (Å²) in [7, 11) is 0. The Labute approximate surface area is 142 Å². The molecule has 0 unspecified atom stereocenters. The predicted molar refractivity (Wildman–Crippen MR) is 75.7 cm³/mol. The Bertz CT molecular complexity index is 725. The molecule has 0 radical (unpaired) electrons. The fourth-order valence-electron chi connectivity index (χ4n) is 2.26. The van der Waals surface area contributed by atoms with Crippen LogP contribution in [0.5, 0.6) is 11.5 Å². The van der Waals surface area contributed by atoms with Crippen LogP contribution in [0.1, 0.15) is 17.0 Å². The van der Waals surface area contributed by atoms with Crippen LogP contribution in [0.4, 0.5) is 26.3 Å². The van der Waals surface area contributed by atoms with Gasteiger partial charge in [0.2, 0.25) is 0 Å². The molecule has 10 heteroatoms. The zero-order chi connectivity index (χ0) is 19.5. The van der Waals surface area contributed by atoms with Crippen LogP contribution in [0.2, 0.25) is 0 Å². The number of rotatable bonds is 5. The molecule has 26 heavy (non-hydrogen) atoms. The van der Waals surface area contributed by atoms with Crippen molar-refractivity contribution < 1.29 is 45.7 Å². The Hall–Kier alpha value is -2.91. The highest BCUT2D eigenvalue weighted by molar-refractivity contribution is 5.80. The zero-order valence-electron chi connectivity index (χ0n) is 12.6. The average molecular weight is 380 g/mol. The molecule has 0 aliphatic heterocycles. The summed E-state index contributed by atoms with van der Waals surface area (Å²) in [4.78, 5) is 11.6. The first-order valence-electron chi connectivity index (χ1n) is 6.89. The molecule has 2 aromatic carbocycles. The van der Waals surface area contributed by atoms with Gasteiger partial charge >= 0.3 is 18.7 Å². The number of ether oxygens (including phenoxy) is 2. The third-order valence-electron chi connectivity index (χ3n) is 3.10. The van der Waals surface area contributed by atoms with E-state index in [1.807, 2.05) is 0 Å². The quantitative estimate of drug-likeness (QED) is 0.764. The third-order valence-corrected chi connectivity index (χ3v) is 3.10. The van der Waals surface area contributed by atoms with Gasteiger partial charge in [0.25, 0.3) is 0 Å². The van der Waals surface area contributed by atoms with Crippen LogP contribution in [0.25, 0.3) is 0 Å². The van der Waals surface area contributed by atoms with Crippen molar-refractivity contribution in [3.63, 3.8) is 0 Å². The topological polar surface area (TPSA) is 55.8 Å². The van der Waals surface area contributed by atoms with Crippen molar-refractivity contribution in [2.45, 2.75) is 18.6 Å². The van der Waals surface area contributed by atoms with Gasteiger partial charge in [-0.15, -0.1) is 26.3 Å². The van der Waals surface area contributed by atoms with E-state index in [9.17, 15) is 36.2 Å². The molecule has 0 fully saturated rings. The summed E-state index contributed by atoms with van der Waals surface area (Å²) in [6, 6.07) is 8.37. The Morgan fingerprint density at radius 2 is 1.19 bits per heavy atom. The zero-order valence-corrected chi connectivity index (χ0v) is 12.6. The lowest BCUT2D eigenvalue weighted by molar-refractivity contribution is -0.275. The summed E-state index contributed by atoms with van der Waals surface area (Å²) in [6.45, 7) is 0. The average Bonchev–Trinajstić information content (AvgIpc) is 2.44. The molecule has 0 heterocycles. The standard InChI is InChI=1S/C16H10F6O4/c17-15(18,19)25-11-5-1-3-9(7-11)13(14(23)24)10-4-2-6-12(8-10)26-16(20,21)22/h1-8,13H,(H,23,24). The van der Waals surface area contributed by atoms with Gasteiger partial charge in [-0.2, -0.15) is 0 Å². The van der Waals surface area contributed by atoms with Crippen molar-refractivity contribution in [2.24, 2.45) is 0 Å². The minimum Gasteiger partial charge on any atom is -0.481 e. The van der Waals surface area contributed by atoms with E-state index in [0.29, 0.717) is 0 Å². The lowest BCUT2D eigenvalue weighted by Crippen LogP contribution is -2.19. The van der Waals surface area contributed by atoms with Gasteiger partial charge in [0.1, 0.15) is 17.4 Å². The highest BCUT2D eigenvalue weighted by atomic mass is 19.4. The van der Waals surface area contributed by atoms with Gasteiger partial charge in [0, 0.05) is 0 Å². The minimum absolute atomic E-state index is 0.108. The summed E-state index contributed by atoms with van der Waals surface area (Å²) in [6.07, 6.45) is -9.95. The van der Waals surface area contributed by atoms with Gasteiger partial charge in [0.15, 0.2) is 0 Å². The number of carboxylic acid groups (broad SMARTS) is 1. The molecule has 0 aliphatic carbocycles. The fourth-order valence-corrected chi connectivity index (χ4v) is 2.26. The van der Waals surface area contributed by atoms with Gasteiger partial charge in [-0.25, -0.2) is 0 Å². The van der Waals surface area contributed by atoms with E-state index in [1.54, 1.807) is 0 Å². The van der Waals surface area contributed by atoms with Crippen molar-refractivity contribution in [1.82, 2.24) is 0 Å². The second-order valence-electron chi connectivity index (χ2n) is 5.01. The SMILES string of the molecule is O=C(O)C(c1cccc(OC(F)(F)F)c1)c1cccc(OC(F)(F)F)c1. The number of halogens is 6. The van der Waals surface area contributed by atoms with Crippen molar-refractivity contribution in [3.8, 4) is 11.5 Å². The number of carbonyl (C=O) groups is 1. The van der Waals surface area contributed by atoms with Crippen molar-refractivity contribution >= 4 is 5.97 Å². The van der Waals surface area contributed by atoms with Gasteiger partial charge in [-0.05, 0) is 35.4 Å². The Balaban J connectivity index is 2.40. The maximum Gasteiger partial charge on any atom is 0.573 e. The highest BCUT2D eigenvalue weighted by Crippen LogP contribution is 2.32. The lowest BCUT2D eigenvalue weighted by Gasteiger charge is -2.17. The summed E-state index contributed by atoms with van der Waals surface area (Å²) in [5.74, 6) is -4.30. The number of aliphatic carboxylic acids is 1. The molecule has 0 aliphatic rings. The smallest absolute Gasteiger partial charge is 0.481 e. The number of hydrogen-bond acceptors (Lipinski definition) is 3. The van der Waals surface area contributed by atoms with Gasteiger partial charge in [0.05, 0.1) is 0 Å². The third kappa shape index (κ3) is 5.57. The van der Waals surface area contributed by atoms with Crippen molar-refractivity contribution in [1.29, 1.82) is 0 Å². The maximum atomic E-state index is 12.3. The van der Waals surface area contributed by atoms with Crippen LogP contribution < -0.4 is 9.47 Å². The van der Waals surface area contributed by atoms with Gasteiger partial charge in [-0.3, -0.25) is 4.79 Å². The Morgan fingerprint density at radius 1 is 0.808 bits per heavy atom. The van der Waals surface area contributed by atoms with E-state index in [-0.39, 0.29) is 11.1 Å². The summed E-state index contributed by atoms with van der Waals surface area (Å²) in [5.41, 5.74) is -0.216. The lowest BCUT2D eigenvalue weighted by atomic mass is 9.91. The molecular formula is C16H10F6O4. The van der Waals surface area contributed by atoms with Crippen LogP contribution >= 0.6 is 0 Å². The van der Waals surface area contributed by atoms with Crippen LogP contribution in [-0.2, 0) is 4.79 Å². The summed E-state index contributed by atoms with van der Waals surface area (Å²) in [5, 5.41) is 9.40. The molecule has 2 rings (SSSR count). The molecule has 4 nitrogen and oxygen atoms in total. The molecular weight excluding hydrogens is 370 g/mol. The maximum absolute atomic E-state index is 12.3. The Kier molecular flexibility index (Phi) is 5.33. The highest BCUT2D eigenvalue weighted by Gasteiger charge is 2.33. The number of hydrogen-bond donors (Lipinski definition) is 1. The molecule has 0 atom stereocenters. The van der Waals surface area contributed by atoms with Crippen LogP contribution in [0, 0.1) is 0 Å². The van der Waals surface area contributed by atoms with Crippen molar-refractivity contribution in [2.75, 3.05) is 0 Å². The first kappa shape index (κ1) is 19.4. The Morgan fingerprint density at radius 3 is 1.50 bits per heavy atom. The molecule has 0 bridgehead atoms. The molecule has 1 N–H and O–H groups in total. The molecule has 0 spiro atoms. The van der Waals surface area contributed by atoms with E-state index in [1.165, 1.54) is 12.1 Å². The molecule has 0 saturated heterocycles. The second-order valence-corrected chi connectivity index (χ2v) is 5.01. The van der Waals surface area contributed by atoms with Crippen LogP contribution in [0.3, 0.4) is 0 Å². The summed E-state index contributed by atoms with van der Waals surface area (Å²) < 4.78 is 81.3. The fraction of sp³-hybridized carbons (Fsp3) is 0.188.